The number of pyridine rings is 1. The van der Waals surface area contributed by atoms with E-state index in [1.165, 1.54) is 0 Å². The lowest BCUT2D eigenvalue weighted by atomic mass is 10.2. The number of anilines is 1. The third-order valence-corrected chi connectivity index (χ3v) is 2.94. The number of nitrogen functional groups attached to an aromatic ring is 1. The van der Waals surface area contributed by atoms with Crippen molar-refractivity contribution >= 4 is 16.6 Å². The highest BCUT2D eigenvalue weighted by Crippen LogP contribution is 2.30. The van der Waals surface area contributed by atoms with Gasteiger partial charge in [0.2, 0.25) is 0 Å². The van der Waals surface area contributed by atoms with E-state index in [1.807, 2.05) is 30.5 Å². The van der Waals surface area contributed by atoms with Gasteiger partial charge >= 0.3 is 0 Å². The van der Waals surface area contributed by atoms with Crippen molar-refractivity contribution in [2.24, 2.45) is 0 Å². The normalized spacial score (nSPS) is 10.7. The Labute approximate surface area is 104 Å². The van der Waals surface area contributed by atoms with Gasteiger partial charge in [-0.3, -0.25) is 4.98 Å². The number of benzene rings is 1. The molecule has 3 aromatic rings. The highest BCUT2D eigenvalue weighted by Gasteiger charge is 2.07. The van der Waals surface area contributed by atoms with E-state index in [-0.39, 0.29) is 0 Å². The van der Waals surface area contributed by atoms with Gasteiger partial charge in [0.05, 0.1) is 12.8 Å². The quantitative estimate of drug-likeness (QED) is 0.676. The first kappa shape index (κ1) is 10.7. The molecular formula is C14H13N3O. The van der Waals surface area contributed by atoms with Gasteiger partial charge in [-0.1, -0.05) is 0 Å². The van der Waals surface area contributed by atoms with Gasteiger partial charge in [-0.25, -0.2) is 0 Å². The fourth-order valence-electron chi connectivity index (χ4n) is 2.03. The largest absolute Gasteiger partial charge is 0.495 e. The number of nitrogens with one attached hydrogen (secondary N) is 1. The number of hydrogen-bond donors (Lipinski definition) is 2. The zero-order valence-electron chi connectivity index (χ0n) is 9.97. The highest BCUT2D eigenvalue weighted by atomic mass is 16.5. The fraction of sp³-hybridized carbons (Fsp3) is 0.0714. The molecule has 18 heavy (non-hydrogen) atoms. The second-order valence-corrected chi connectivity index (χ2v) is 4.11. The molecule has 0 bridgehead atoms. The van der Waals surface area contributed by atoms with Crippen LogP contribution in [0.2, 0.25) is 0 Å². The SMILES string of the molecule is COc1cc2[nH]c(-c3cccnc3)cc2cc1N. The monoisotopic (exact) mass is 239 g/mol. The van der Waals surface area contributed by atoms with Crippen LogP contribution in [-0.2, 0) is 0 Å². The van der Waals surface area contributed by atoms with E-state index < -0.39 is 0 Å². The van der Waals surface area contributed by atoms with Crippen LogP contribution in [0.15, 0.2) is 42.7 Å². The molecule has 0 amide bonds. The molecule has 90 valence electrons. The first-order chi connectivity index (χ1) is 8.78. The van der Waals surface area contributed by atoms with Crippen LogP contribution >= 0.6 is 0 Å². The number of ether oxygens (including phenoxy) is 1. The summed E-state index contributed by atoms with van der Waals surface area (Å²) in [7, 11) is 1.61. The fourth-order valence-corrected chi connectivity index (χ4v) is 2.03. The predicted octanol–water partition coefficient (Wildman–Crippen LogP) is 2.82. The van der Waals surface area contributed by atoms with E-state index in [4.69, 9.17) is 10.5 Å². The van der Waals surface area contributed by atoms with Crippen molar-refractivity contribution in [1.29, 1.82) is 0 Å². The molecule has 4 nitrogen and oxygen atoms in total. The van der Waals surface area contributed by atoms with Gasteiger partial charge in [-0.2, -0.15) is 0 Å². The molecule has 2 heterocycles. The summed E-state index contributed by atoms with van der Waals surface area (Å²) >= 11 is 0. The Morgan fingerprint density at radius 1 is 1.28 bits per heavy atom. The van der Waals surface area contributed by atoms with E-state index in [2.05, 4.69) is 16.0 Å². The van der Waals surface area contributed by atoms with Crippen molar-refractivity contribution in [2.75, 3.05) is 12.8 Å². The van der Waals surface area contributed by atoms with Crippen molar-refractivity contribution in [1.82, 2.24) is 9.97 Å². The number of H-pyrrole nitrogens is 1. The second kappa shape index (κ2) is 4.07. The van der Waals surface area contributed by atoms with Gasteiger partial charge < -0.3 is 15.5 Å². The summed E-state index contributed by atoms with van der Waals surface area (Å²) in [5, 5.41) is 1.06. The van der Waals surface area contributed by atoms with Crippen molar-refractivity contribution in [3.05, 3.63) is 42.7 Å². The Kier molecular flexibility index (Phi) is 2.41. The van der Waals surface area contributed by atoms with E-state index in [1.54, 1.807) is 13.3 Å². The number of methoxy groups -OCH3 is 1. The number of rotatable bonds is 2. The summed E-state index contributed by atoms with van der Waals surface area (Å²) in [6.07, 6.45) is 3.58. The van der Waals surface area contributed by atoms with Gasteiger partial charge in [0.1, 0.15) is 5.75 Å². The summed E-state index contributed by atoms with van der Waals surface area (Å²) in [6.45, 7) is 0. The molecule has 0 spiro atoms. The van der Waals surface area contributed by atoms with Gasteiger partial charge in [0.15, 0.2) is 0 Å². The summed E-state index contributed by atoms with van der Waals surface area (Å²) < 4.78 is 5.21. The molecule has 2 aromatic heterocycles. The molecule has 0 radical (unpaired) electrons. The number of hydrogen-bond acceptors (Lipinski definition) is 3. The van der Waals surface area contributed by atoms with Crippen molar-refractivity contribution in [3.8, 4) is 17.0 Å². The van der Waals surface area contributed by atoms with Crippen LogP contribution in [0, 0.1) is 0 Å². The maximum absolute atomic E-state index is 5.89. The lowest BCUT2D eigenvalue weighted by molar-refractivity contribution is 0.417. The number of aromatic amines is 1. The molecule has 0 saturated carbocycles. The van der Waals surface area contributed by atoms with Crippen LogP contribution in [0.1, 0.15) is 0 Å². The zero-order chi connectivity index (χ0) is 12.5. The molecule has 0 atom stereocenters. The molecule has 3 rings (SSSR count). The smallest absolute Gasteiger partial charge is 0.143 e. The van der Waals surface area contributed by atoms with Gasteiger partial charge in [0, 0.05) is 40.6 Å². The predicted molar refractivity (Wildman–Crippen MR) is 72.5 cm³/mol. The van der Waals surface area contributed by atoms with Crippen LogP contribution in [0.25, 0.3) is 22.2 Å². The molecule has 3 N–H and O–H groups in total. The summed E-state index contributed by atoms with van der Waals surface area (Å²) in [5.74, 6) is 0.682. The lowest BCUT2D eigenvalue weighted by Gasteiger charge is -2.03. The van der Waals surface area contributed by atoms with Crippen LogP contribution in [-0.4, -0.2) is 17.1 Å². The lowest BCUT2D eigenvalue weighted by Crippen LogP contribution is -1.91. The highest BCUT2D eigenvalue weighted by molar-refractivity contribution is 5.90. The first-order valence-electron chi connectivity index (χ1n) is 5.64. The number of aromatic nitrogens is 2. The first-order valence-corrected chi connectivity index (χ1v) is 5.64. The van der Waals surface area contributed by atoms with Crippen LogP contribution in [0.3, 0.4) is 0 Å². The van der Waals surface area contributed by atoms with E-state index in [0.29, 0.717) is 11.4 Å². The minimum absolute atomic E-state index is 0.640. The van der Waals surface area contributed by atoms with Gasteiger partial charge in [-0.15, -0.1) is 0 Å². The second-order valence-electron chi connectivity index (χ2n) is 4.11. The topological polar surface area (TPSA) is 63.9 Å². The zero-order valence-corrected chi connectivity index (χ0v) is 9.97. The Morgan fingerprint density at radius 2 is 2.17 bits per heavy atom. The average molecular weight is 239 g/mol. The van der Waals surface area contributed by atoms with Gasteiger partial charge in [0.25, 0.3) is 0 Å². The average Bonchev–Trinajstić information content (AvgIpc) is 2.81. The molecule has 0 unspecified atom stereocenters. The number of nitrogens with zero attached hydrogens (tertiary/aromatic N) is 1. The summed E-state index contributed by atoms with van der Waals surface area (Å²) in [4.78, 5) is 7.45. The Balaban J connectivity index is 2.17. The molecular weight excluding hydrogens is 226 g/mol. The third-order valence-electron chi connectivity index (χ3n) is 2.94. The van der Waals surface area contributed by atoms with Crippen LogP contribution in [0.5, 0.6) is 5.75 Å². The Morgan fingerprint density at radius 3 is 2.89 bits per heavy atom. The molecule has 0 aliphatic heterocycles. The van der Waals surface area contributed by atoms with Gasteiger partial charge in [-0.05, 0) is 24.3 Å². The van der Waals surface area contributed by atoms with Crippen LogP contribution < -0.4 is 10.5 Å². The standard InChI is InChI=1S/C14H13N3O/c1-18-14-7-13-10(5-11(14)15)6-12(17-13)9-3-2-4-16-8-9/h2-8,17H,15H2,1H3. The molecule has 4 heteroatoms. The maximum atomic E-state index is 5.89. The number of fused-ring (bicyclic) bond motifs is 1. The van der Waals surface area contributed by atoms with E-state index >= 15 is 0 Å². The van der Waals surface area contributed by atoms with Crippen molar-refractivity contribution in [3.63, 3.8) is 0 Å². The molecule has 0 saturated heterocycles. The molecule has 0 aliphatic carbocycles. The molecule has 1 aromatic carbocycles. The minimum atomic E-state index is 0.640. The van der Waals surface area contributed by atoms with E-state index in [0.717, 1.165) is 22.2 Å². The Hall–Kier alpha value is -2.49. The molecule has 0 fully saturated rings. The third kappa shape index (κ3) is 1.68. The minimum Gasteiger partial charge on any atom is -0.495 e. The summed E-state index contributed by atoms with van der Waals surface area (Å²) in [5.41, 5.74) is 9.60. The number of nitrogens with two attached hydrogens (primary N) is 1. The maximum Gasteiger partial charge on any atom is 0.143 e. The van der Waals surface area contributed by atoms with Crippen molar-refractivity contribution in [2.45, 2.75) is 0 Å². The Bertz CT molecular complexity index is 689. The molecule has 0 aliphatic rings. The van der Waals surface area contributed by atoms with Crippen molar-refractivity contribution < 1.29 is 4.74 Å². The summed E-state index contributed by atoms with van der Waals surface area (Å²) in [6, 6.07) is 9.80. The van der Waals surface area contributed by atoms with E-state index in [9.17, 15) is 0 Å². The van der Waals surface area contributed by atoms with Crippen LogP contribution in [0.4, 0.5) is 5.69 Å².